The first kappa shape index (κ1) is 15.5. The molecular formula is C17H17N5O2. The lowest BCUT2D eigenvalue weighted by atomic mass is 10.2. The molecule has 0 bridgehead atoms. The minimum absolute atomic E-state index is 0.483. The topological polar surface area (TPSA) is 90.4 Å². The summed E-state index contributed by atoms with van der Waals surface area (Å²) < 4.78 is 0. The number of hydrogen-bond acceptors (Lipinski definition) is 5. The van der Waals surface area contributed by atoms with Crippen LogP contribution in [-0.2, 0) is 0 Å². The summed E-state index contributed by atoms with van der Waals surface area (Å²) in [5.41, 5.74) is 2.12. The zero-order chi connectivity index (χ0) is 17.1. The van der Waals surface area contributed by atoms with Gasteiger partial charge in [0, 0.05) is 30.9 Å². The Balaban J connectivity index is 1.91. The Morgan fingerprint density at radius 2 is 1.67 bits per heavy atom. The second kappa shape index (κ2) is 6.41. The van der Waals surface area contributed by atoms with Gasteiger partial charge in [-0.15, -0.1) is 0 Å². The third kappa shape index (κ3) is 3.35. The minimum Gasteiger partial charge on any atom is -0.465 e. The third-order valence-corrected chi connectivity index (χ3v) is 3.40. The maximum atomic E-state index is 10.6. The second-order valence-electron chi connectivity index (χ2n) is 5.41. The van der Waals surface area contributed by atoms with Crippen LogP contribution in [0.25, 0.3) is 10.9 Å². The molecule has 1 amide bonds. The quantitative estimate of drug-likeness (QED) is 0.680. The first-order chi connectivity index (χ1) is 11.5. The lowest BCUT2D eigenvalue weighted by Crippen LogP contribution is -2.13. The van der Waals surface area contributed by atoms with Gasteiger partial charge in [-0.3, -0.25) is 5.32 Å². The highest BCUT2D eigenvalue weighted by Crippen LogP contribution is 2.25. The van der Waals surface area contributed by atoms with Gasteiger partial charge in [0.2, 0.25) is 5.95 Å². The van der Waals surface area contributed by atoms with Crippen LogP contribution in [0.2, 0.25) is 0 Å². The van der Waals surface area contributed by atoms with Crippen LogP contribution in [0, 0.1) is 0 Å². The van der Waals surface area contributed by atoms with Gasteiger partial charge in [-0.2, -0.15) is 4.98 Å². The second-order valence-corrected chi connectivity index (χ2v) is 5.41. The number of anilines is 4. The molecule has 0 aliphatic rings. The van der Waals surface area contributed by atoms with Crippen LogP contribution in [-0.4, -0.2) is 35.3 Å². The van der Waals surface area contributed by atoms with E-state index in [1.807, 2.05) is 43.3 Å². The number of fused-ring (bicyclic) bond motifs is 1. The zero-order valence-corrected chi connectivity index (χ0v) is 13.3. The molecule has 3 rings (SSSR count). The Labute approximate surface area is 139 Å². The largest absolute Gasteiger partial charge is 0.465 e. The molecule has 1 aromatic heterocycles. The highest BCUT2D eigenvalue weighted by atomic mass is 16.4. The molecule has 3 N–H and O–H groups in total. The van der Waals surface area contributed by atoms with E-state index >= 15 is 0 Å². The molecule has 0 aliphatic heterocycles. The van der Waals surface area contributed by atoms with Gasteiger partial charge in [-0.05, 0) is 36.4 Å². The van der Waals surface area contributed by atoms with Crippen molar-refractivity contribution in [3.05, 3.63) is 48.5 Å². The van der Waals surface area contributed by atoms with Crippen molar-refractivity contribution in [3.63, 3.8) is 0 Å². The molecule has 7 heteroatoms. The van der Waals surface area contributed by atoms with Gasteiger partial charge < -0.3 is 15.3 Å². The fraction of sp³-hybridized carbons (Fsp3) is 0.118. The van der Waals surface area contributed by atoms with Crippen molar-refractivity contribution in [2.24, 2.45) is 0 Å². The van der Waals surface area contributed by atoms with E-state index in [9.17, 15) is 4.79 Å². The van der Waals surface area contributed by atoms with Crippen molar-refractivity contribution in [1.82, 2.24) is 9.97 Å². The van der Waals surface area contributed by atoms with Crippen LogP contribution in [0.5, 0.6) is 0 Å². The fourth-order valence-corrected chi connectivity index (χ4v) is 2.35. The van der Waals surface area contributed by atoms with E-state index < -0.39 is 6.09 Å². The summed E-state index contributed by atoms with van der Waals surface area (Å²) in [5.74, 6) is 1.31. The highest BCUT2D eigenvalue weighted by Gasteiger charge is 2.09. The molecule has 1 heterocycles. The molecule has 3 aromatic rings. The summed E-state index contributed by atoms with van der Waals surface area (Å²) in [5, 5.41) is 15.1. The molecule has 0 saturated carbocycles. The van der Waals surface area contributed by atoms with Gasteiger partial charge in [0.25, 0.3) is 0 Å². The summed E-state index contributed by atoms with van der Waals surface area (Å²) in [6.07, 6.45) is -1.09. The van der Waals surface area contributed by atoms with Crippen LogP contribution in [0.4, 0.5) is 27.9 Å². The average Bonchev–Trinajstić information content (AvgIpc) is 2.55. The van der Waals surface area contributed by atoms with Crippen molar-refractivity contribution < 1.29 is 9.90 Å². The molecule has 122 valence electrons. The predicted octanol–water partition coefficient (Wildman–Crippen LogP) is 3.53. The molecule has 0 radical (unpaired) electrons. The number of hydrogen-bond donors (Lipinski definition) is 3. The summed E-state index contributed by atoms with van der Waals surface area (Å²) in [7, 11) is 3.87. The zero-order valence-electron chi connectivity index (χ0n) is 13.3. The van der Waals surface area contributed by atoms with Crippen molar-refractivity contribution in [1.29, 1.82) is 0 Å². The monoisotopic (exact) mass is 323 g/mol. The number of benzene rings is 2. The smallest absolute Gasteiger partial charge is 0.409 e. The summed E-state index contributed by atoms with van der Waals surface area (Å²) in [6, 6.07) is 14.7. The van der Waals surface area contributed by atoms with Crippen LogP contribution < -0.4 is 15.5 Å². The summed E-state index contributed by atoms with van der Waals surface area (Å²) in [4.78, 5) is 21.6. The van der Waals surface area contributed by atoms with Crippen molar-refractivity contribution in [2.75, 3.05) is 29.6 Å². The maximum Gasteiger partial charge on any atom is 0.409 e. The molecule has 24 heavy (non-hydrogen) atoms. The van der Waals surface area contributed by atoms with Gasteiger partial charge in [0.1, 0.15) is 5.82 Å². The van der Waals surface area contributed by atoms with E-state index in [2.05, 4.69) is 20.6 Å². The van der Waals surface area contributed by atoms with Crippen LogP contribution >= 0.6 is 0 Å². The van der Waals surface area contributed by atoms with Crippen molar-refractivity contribution >= 4 is 40.1 Å². The van der Waals surface area contributed by atoms with E-state index in [0.717, 1.165) is 22.4 Å². The van der Waals surface area contributed by atoms with E-state index in [1.165, 1.54) is 0 Å². The van der Waals surface area contributed by atoms with Gasteiger partial charge in [-0.1, -0.05) is 12.1 Å². The highest BCUT2D eigenvalue weighted by molar-refractivity contribution is 5.90. The summed E-state index contributed by atoms with van der Waals surface area (Å²) >= 11 is 0. The van der Waals surface area contributed by atoms with Gasteiger partial charge >= 0.3 is 6.09 Å². The molecule has 2 aromatic carbocycles. The van der Waals surface area contributed by atoms with Crippen LogP contribution in [0.1, 0.15) is 0 Å². The first-order valence-corrected chi connectivity index (χ1v) is 7.34. The minimum atomic E-state index is -1.09. The first-order valence-electron chi connectivity index (χ1n) is 7.34. The molecule has 0 saturated heterocycles. The number of para-hydroxylation sites is 1. The lowest BCUT2D eigenvalue weighted by Gasteiger charge is -2.16. The molecule has 0 aliphatic carbocycles. The molecular weight excluding hydrogens is 306 g/mol. The van der Waals surface area contributed by atoms with Crippen molar-refractivity contribution in [3.8, 4) is 0 Å². The maximum absolute atomic E-state index is 10.6. The third-order valence-electron chi connectivity index (χ3n) is 3.40. The standard InChI is InChI=1S/C17H17N5O2/c1-22(2)15-13-5-3-4-6-14(13)20-16(21-15)18-11-7-9-12(10-8-11)19-17(23)24/h3-10,19H,1-2H3,(H,23,24)(H,18,20,21). The number of rotatable bonds is 4. The van der Waals surface area contributed by atoms with Gasteiger partial charge in [0.05, 0.1) is 5.52 Å². The van der Waals surface area contributed by atoms with E-state index in [4.69, 9.17) is 5.11 Å². The molecule has 0 spiro atoms. The SMILES string of the molecule is CN(C)c1nc(Nc2ccc(NC(=O)O)cc2)nc2ccccc12. The van der Waals surface area contributed by atoms with Crippen LogP contribution in [0.3, 0.4) is 0 Å². The number of nitrogens with zero attached hydrogens (tertiary/aromatic N) is 3. The molecule has 0 atom stereocenters. The van der Waals surface area contributed by atoms with E-state index in [1.54, 1.807) is 24.3 Å². The lowest BCUT2D eigenvalue weighted by molar-refractivity contribution is 0.210. The Morgan fingerprint density at radius 3 is 2.33 bits per heavy atom. The van der Waals surface area contributed by atoms with E-state index in [0.29, 0.717) is 11.6 Å². The average molecular weight is 323 g/mol. The summed E-state index contributed by atoms with van der Waals surface area (Å²) in [6.45, 7) is 0. The van der Waals surface area contributed by atoms with Crippen LogP contribution in [0.15, 0.2) is 48.5 Å². The number of aromatic nitrogens is 2. The van der Waals surface area contributed by atoms with Gasteiger partial charge in [0.15, 0.2) is 0 Å². The number of carboxylic acid groups (broad SMARTS) is 1. The molecule has 7 nitrogen and oxygen atoms in total. The number of amides is 1. The van der Waals surface area contributed by atoms with Crippen molar-refractivity contribution in [2.45, 2.75) is 0 Å². The molecule has 0 fully saturated rings. The molecule has 0 unspecified atom stereocenters. The number of nitrogens with one attached hydrogen (secondary N) is 2. The Hall–Kier alpha value is -3.35. The fourth-order valence-electron chi connectivity index (χ4n) is 2.35. The Kier molecular flexibility index (Phi) is 4.15. The Morgan fingerprint density at radius 1 is 1.00 bits per heavy atom. The van der Waals surface area contributed by atoms with Gasteiger partial charge in [-0.25, -0.2) is 9.78 Å². The normalized spacial score (nSPS) is 10.4. The Bertz CT molecular complexity index is 878. The predicted molar refractivity (Wildman–Crippen MR) is 95.2 cm³/mol. The number of carbonyl (C=O) groups is 1. The van der Waals surface area contributed by atoms with E-state index in [-0.39, 0.29) is 0 Å².